The van der Waals surface area contributed by atoms with Crippen molar-refractivity contribution < 1.29 is 5.11 Å². The topological polar surface area (TPSA) is 32.3 Å². The van der Waals surface area contributed by atoms with Gasteiger partial charge in [0.2, 0.25) is 0 Å². The first-order valence-corrected chi connectivity index (χ1v) is 6.96. The summed E-state index contributed by atoms with van der Waals surface area (Å²) in [6.45, 7) is 3.10. The van der Waals surface area contributed by atoms with Crippen LogP contribution in [-0.4, -0.2) is 17.7 Å². The van der Waals surface area contributed by atoms with Crippen LogP contribution < -0.4 is 5.32 Å². The molecule has 1 aromatic heterocycles. The number of aliphatic hydroxyl groups is 1. The molecule has 2 heterocycles. The van der Waals surface area contributed by atoms with Crippen LogP contribution in [0.4, 0.5) is 0 Å². The molecular weight excluding hydrogens is 274 g/mol. The van der Waals surface area contributed by atoms with E-state index < -0.39 is 0 Å². The minimum Gasteiger partial charge on any atom is -0.386 e. The normalized spacial score (nSPS) is 24.1. The zero-order chi connectivity index (χ0) is 10.8. The third-order valence-electron chi connectivity index (χ3n) is 2.90. The second-order valence-electron chi connectivity index (χ2n) is 4.11. The van der Waals surface area contributed by atoms with Crippen molar-refractivity contribution >= 4 is 27.3 Å². The van der Waals surface area contributed by atoms with Crippen molar-refractivity contribution in [3.8, 4) is 0 Å². The third kappa shape index (κ3) is 2.61. The number of nitrogens with one attached hydrogen (secondary N) is 1. The number of hydrogen-bond acceptors (Lipinski definition) is 3. The predicted molar refractivity (Wildman–Crippen MR) is 67.4 cm³/mol. The highest BCUT2D eigenvalue weighted by Crippen LogP contribution is 2.34. The maximum absolute atomic E-state index is 10.2. The van der Waals surface area contributed by atoms with E-state index in [1.165, 1.54) is 18.4 Å². The summed E-state index contributed by atoms with van der Waals surface area (Å²) in [6, 6.07) is 2.32. The fourth-order valence-corrected chi connectivity index (χ4v) is 3.60. The van der Waals surface area contributed by atoms with Crippen molar-refractivity contribution in [2.45, 2.75) is 38.3 Å². The van der Waals surface area contributed by atoms with E-state index in [1.807, 2.05) is 0 Å². The largest absolute Gasteiger partial charge is 0.386 e. The van der Waals surface area contributed by atoms with Crippen molar-refractivity contribution in [1.82, 2.24) is 5.32 Å². The summed E-state index contributed by atoms with van der Waals surface area (Å²) in [5.41, 5.74) is 1.21. The molecule has 1 fully saturated rings. The van der Waals surface area contributed by atoms with Gasteiger partial charge in [-0.2, -0.15) is 0 Å². The Labute approximate surface area is 103 Å². The number of halogens is 1. The highest BCUT2D eigenvalue weighted by molar-refractivity contribution is 9.11. The van der Waals surface area contributed by atoms with E-state index in [1.54, 1.807) is 11.3 Å². The highest BCUT2D eigenvalue weighted by atomic mass is 79.9. The monoisotopic (exact) mass is 289 g/mol. The number of aryl methyl sites for hydroxylation is 1. The maximum Gasteiger partial charge on any atom is 0.103 e. The predicted octanol–water partition coefficient (Wildman–Crippen LogP) is 2.99. The Morgan fingerprint density at radius 3 is 2.93 bits per heavy atom. The van der Waals surface area contributed by atoms with Gasteiger partial charge in [0.25, 0.3) is 0 Å². The molecule has 84 valence electrons. The minimum atomic E-state index is -0.347. The zero-order valence-corrected chi connectivity index (χ0v) is 11.2. The zero-order valence-electron chi connectivity index (χ0n) is 8.79. The van der Waals surface area contributed by atoms with Gasteiger partial charge in [-0.25, -0.2) is 0 Å². The SMILES string of the molecule is Cc1cc(C(O)C2CCCCN2)sc1Br. The molecule has 2 nitrogen and oxygen atoms in total. The number of thiophene rings is 1. The Kier molecular flexibility index (Phi) is 3.83. The summed E-state index contributed by atoms with van der Waals surface area (Å²) >= 11 is 5.14. The van der Waals surface area contributed by atoms with Crippen molar-refractivity contribution in [2.24, 2.45) is 0 Å². The van der Waals surface area contributed by atoms with Crippen LogP contribution in [0, 0.1) is 6.92 Å². The lowest BCUT2D eigenvalue weighted by atomic mass is 9.99. The van der Waals surface area contributed by atoms with Gasteiger partial charge in [-0.1, -0.05) is 6.42 Å². The number of hydrogen-bond donors (Lipinski definition) is 2. The number of piperidine rings is 1. The summed E-state index contributed by atoms with van der Waals surface area (Å²) in [4.78, 5) is 1.07. The standard InChI is InChI=1S/C11H16BrNOS/c1-7-6-9(15-11(7)12)10(14)8-4-2-3-5-13-8/h6,8,10,13-14H,2-5H2,1H3. The second-order valence-corrected chi connectivity index (χ2v) is 6.51. The van der Waals surface area contributed by atoms with E-state index in [2.05, 4.69) is 34.2 Å². The molecule has 2 unspecified atom stereocenters. The van der Waals surface area contributed by atoms with Crippen LogP contribution in [0.15, 0.2) is 9.85 Å². The van der Waals surface area contributed by atoms with E-state index in [9.17, 15) is 5.11 Å². The molecule has 0 saturated carbocycles. The lowest BCUT2D eigenvalue weighted by Crippen LogP contribution is -2.38. The molecule has 2 rings (SSSR count). The summed E-state index contributed by atoms with van der Waals surface area (Å²) in [5.74, 6) is 0. The van der Waals surface area contributed by atoms with E-state index in [0.29, 0.717) is 0 Å². The van der Waals surface area contributed by atoms with Crippen molar-refractivity contribution in [3.63, 3.8) is 0 Å². The molecule has 15 heavy (non-hydrogen) atoms. The molecule has 0 aliphatic carbocycles. The van der Waals surface area contributed by atoms with Gasteiger partial charge in [0.1, 0.15) is 6.10 Å². The quantitative estimate of drug-likeness (QED) is 0.877. The first kappa shape index (κ1) is 11.6. The Morgan fingerprint density at radius 2 is 2.40 bits per heavy atom. The molecule has 0 radical (unpaired) electrons. The van der Waals surface area contributed by atoms with E-state index in [-0.39, 0.29) is 12.1 Å². The lowest BCUT2D eigenvalue weighted by molar-refractivity contribution is 0.117. The van der Waals surface area contributed by atoms with Gasteiger partial charge in [-0.05, 0) is 53.9 Å². The molecule has 2 atom stereocenters. The van der Waals surface area contributed by atoms with Crippen molar-refractivity contribution in [3.05, 3.63) is 20.3 Å². The molecule has 0 aromatic carbocycles. The van der Waals surface area contributed by atoms with Crippen LogP contribution in [0.3, 0.4) is 0 Å². The Morgan fingerprint density at radius 1 is 1.60 bits per heavy atom. The summed E-state index contributed by atoms with van der Waals surface area (Å²) < 4.78 is 1.13. The number of aliphatic hydroxyl groups excluding tert-OH is 1. The highest BCUT2D eigenvalue weighted by Gasteiger charge is 2.24. The van der Waals surface area contributed by atoms with Crippen LogP contribution in [0.5, 0.6) is 0 Å². The van der Waals surface area contributed by atoms with Crippen molar-refractivity contribution in [2.75, 3.05) is 6.54 Å². The van der Waals surface area contributed by atoms with Crippen LogP contribution in [-0.2, 0) is 0 Å². The van der Waals surface area contributed by atoms with E-state index in [0.717, 1.165) is 21.6 Å². The maximum atomic E-state index is 10.2. The third-order valence-corrected chi connectivity index (χ3v) is 5.10. The van der Waals surface area contributed by atoms with Gasteiger partial charge in [0.15, 0.2) is 0 Å². The first-order valence-electron chi connectivity index (χ1n) is 5.36. The number of rotatable bonds is 2. The van der Waals surface area contributed by atoms with Crippen LogP contribution in [0.25, 0.3) is 0 Å². The van der Waals surface area contributed by atoms with Crippen LogP contribution in [0.1, 0.15) is 35.8 Å². The molecule has 0 amide bonds. The van der Waals surface area contributed by atoms with Crippen LogP contribution in [0.2, 0.25) is 0 Å². The molecule has 1 aliphatic rings. The minimum absolute atomic E-state index is 0.240. The van der Waals surface area contributed by atoms with Gasteiger partial charge in [-0.15, -0.1) is 11.3 Å². The Bertz CT molecular complexity index is 314. The Hall–Kier alpha value is 0.100. The molecule has 1 aliphatic heterocycles. The van der Waals surface area contributed by atoms with E-state index in [4.69, 9.17) is 0 Å². The molecule has 4 heteroatoms. The first-order chi connectivity index (χ1) is 7.18. The van der Waals surface area contributed by atoms with Gasteiger partial charge in [-0.3, -0.25) is 0 Å². The molecular formula is C11H16BrNOS. The van der Waals surface area contributed by atoms with Crippen LogP contribution >= 0.6 is 27.3 Å². The Balaban J connectivity index is 2.08. The van der Waals surface area contributed by atoms with Gasteiger partial charge in [0, 0.05) is 10.9 Å². The van der Waals surface area contributed by atoms with Gasteiger partial charge < -0.3 is 10.4 Å². The lowest BCUT2D eigenvalue weighted by Gasteiger charge is -2.27. The molecule has 1 aromatic rings. The summed E-state index contributed by atoms with van der Waals surface area (Å²) in [7, 11) is 0. The van der Waals surface area contributed by atoms with Gasteiger partial charge in [0.05, 0.1) is 3.79 Å². The average Bonchev–Trinajstić information content (AvgIpc) is 2.59. The van der Waals surface area contributed by atoms with Crippen molar-refractivity contribution in [1.29, 1.82) is 0 Å². The molecule has 0 bridgehead atoms. The fraction of sp³-hybridized carbons (Fsp3) is 0.636. The molecule has 1 saturated heterocycles. The van der Waals surface area contributed by atoms with Gasteiger partial charge >= 0.3 is 0 Å². The summed E-state index contributed by atoms with van der Waals surface area (Å²) in [5, 5.41) is 13.6. The molecule has 0 spiro atoms. The van der Waals surface area contributed by atoms with E-state index >= 15 is 0 Å². The summed E-state index contributed by atoms with van der Waals surface area (Å²) in [6.07, 6.45) is 3.19. The smallest absolute Gasteiger partial charge is 0.103 e. The average molecular weight is 290 g/mol. The fourth-order valence-electron chi connectivity index (χ4n) is 1.98. The molecule has 2 N–H and O–H groups in total. The second kappa shape index (κ2) is 4.95.